The minimum absolute atomic E-state index is 0.0545. The van der Waals surface area contributed by atoms with Gasteiger partial charge in [-0.15, -0.1) is 0 Å². The number of benzene rings is 1. The van der Waals surface area contributed by atoms with E-state index in [1.165, 1.54) is 12.3 Å². The molecular weight excluding hydrogens is 357 g/mol. The maximum absolute atomic E-state index is 12.6. The highest BCUT2D eigenvalue weighted by atomic mass is 31.2. The highest BCUT2D eigenvalue weighted by molar-refractivity contribution is 7.55. The SMILES string of the molecule is CCCP(=O)(O)NC(Cc1ccccc1)C(=O)Nc1c[nH]c(C(=O)O)c1. The van der Waals surface area contributed by atoms with Crippen molar-refractivity contribution in [2.75, 3.05) is 11.5 Å². The predicted octanol–water partition coefficient (Wildman–Crippen LogP) is 2.45. The Labute approximate surface area is 151 Å². The lowest BCUT2D eigenvalue weighted by Gasteiger charge is -2.21. The second kappa shape index (κ2) is 8.80. The standard InChI is InChI=1S/C17H22N3O5P/c1-2-8-26(24,25)20-14(9-12-6-4-3-5-7-12)16(21)19-13-10-15(17(22)23)18-11-13/h3-7,10-11,14,18H,2,8-9H2,1H3,(H,19,21)(H,22,23)(H2,20,24,25). The third-order valence-corrected chi connectivity index (χ3v) is 5.43. The molecule has 0 fully saturated rings. The summed E-state index contributed by atoms with van der Waals surface area (Å²) in [5, 5.41) is 14.1. The van der Waals surface area contributed by atoms with Crippen molar-refractivity contribution < 1.29 is 24.2 Å². The summed E-state index contributed by atoms with van der Waals surface area (Å²) < 4.78 is 12.2. The predicted molar refractivity (Wildman–Crippen MR) is 98.4 cm³/mol. The van der Waals surface area contributed by atoms with Crippen LogP contribution in [0.15, 0.2) is 42.6 Å². The van der Waals surface area contributed by atoms with Gasteiger partial charge in [0.1, 0.15) is 5.69 Å². The Morgan fingerprint density at radius 2 is 1.96 bits per heavy atom. The maximum Gasteiger partial charge on any atom is 0.352 e. The molecule has 0 saturated heterocycles. The van der Waals surface area contributed by atoms with Gasteiger partial charge in [-0.25, -0.2) is 9.88 Å². The first-order valence-electron chi connectivity index (χ1n) is 8.17. The molecule has 26 heavy (non-hydrogen) atoms. The van der Waals surface area contributed by atoms with Crippen LogP contribution in [0.1, 0.15) is 29.4 Å². The molecule has 0 aliphatic rings. The van der Waals surface area contributed by atoms with Crippen LogP contribution >= 0.6 is 7.52 Å². The molecule has 0 aliphatic heterocycles. The summed E-state index contributed by atoms with van der Waals surface area (Å²) in [6, 6.07) is 9.46. The molecule has 1 amide bonds. The summed E-state index contributed by atoms with van der Waals surface area (Å²) >= 11 is 0. The lowest BCUT2D eigenvalue weighted by atomic mass is 10.1. The van der Waals surface area contributed by atoms with Gasteiger partial charge in [0.25, 0.3) is 7.52 Å². The largest absolute Gasteiger partial charge is 0.477 e. The van der Waals surface area contributed by atoms with E-state index in [-0.39, 0.29) is 24.0 Å². The number of aromatic nitrogens is 1. The number of aromatic amines is 1. The number of nitrogens with one attached hydrogen (secondary N) is 3. The van der Waals surface area contributed by atoms with E-state index >= 15 is 0 Å². The number of H-pyrrole nitrogens is 1. The molecular formula is C17H22N3O5P. The van der Waals surface area contributed by atoms with E-state index < -0.39 is 25.4 Å². The average Bonchev–Trinajstić information content (AvgIpc) is 3.03. The fourth-order valence-corrected chi connectivity index (χ4v) is 3.91. The van der Waals surface area contributed by atoms with E-state index in [9.17, 15) is 19.0 Å². The number of amides is 1. The first-order chi connectivity index (χ1) is 12.3. The van der Waals surface area contributed by atoms with Gasteiger partial charge in [-0.1, -0.05) is 37.3 Å². The van der Waals surface area contributed by atoms with Crippen LogP contribution in [-0.2, 0) is 15.8 Å². The van der Waals surface area contributed by atoms with Gasteiger partial charge in [-0.3, -0.25) is 9.36 Å². The van der Waals surface area contributed by atoms with Crippen LogP contribution in [0.2, 0.25) is 0 Å². The molecule has 0 spiro atoms. The molecule has 1 heterocycles. The van der Waals surface area contributed by atoms with Crippen LogP contribution in [0.5, 0.6) is 0 Å². The van der Waals surface area contributed by atoms with Crippen LogP contribution in [0.3, 0.4) is 0 Å². The van der Waals surface area contributed by atoms with Gasteiger partial charge in [-0.2, -0.15) is 0 Å². The van der Waals surface area contributed by atoms with Crippen LogP contribution < -0.4 is 10.4 Å². The summed E-state index contributed by atoms with van der Waals surface area (Å²) in [4.78, 5) is 36.1. The number of carboxylic acids is 1. The molecule has 0 radical (unpaired) electrons. The molecule has 1 aromatic heterocycles. The molecule has 0 saturated carbocycles. The molecule has 2 atom stereocenters. The number of hydrogen-bond donors (Lipinski definition) is 5. The van der Waals surface area contributed by atoms with Gasteiger partial charge in [-0.05, 0) is 24.5 Å². The fraction of sp³-hybridized carbons (Fsp3) is 0.294. The smallest absolute Gasteiger partial charge is 0.352 e. The zero-order chi connectivity index (χ0) is 19.2. The van der Waals surface area contributed by atoms with Crippen molar-refractivity contribution in [3.8, 4) is 0 Å². The van der Waals surface area contributed by atoms with Gasteiger partial charge >= 0.3 is 5.97 Å². The van der Waals surface area contributed by atoms with Crippen molar-refractivity contribution in [3.05, 3.63) is 53.9 Å². The lowest BCUT2D eigenvalue weighted by molar-refractivity contribution is -0.117. The Bertz CT molecular complexity index is 806. The summed E-state index contributed by atoms with van der Waals surface area (Å²) in [6.45, 7) is 1.78. The number of rotatable bonds is 9. The molecule has 0 bridgehead atoms. The van der Waals surface area contributed by atoms with E-state index in [0.717, 1.165) is 5.56 Å². The van der Waals surface area contributed by atoms with E-state index in [0.29, 0.717) is 6.42 Å². The Kier molecular flexibility index (Phi) is 6.74. The van der Waals surface area contributed by atoms with E-state index in [4.69, 9.17) is 5.11 Å². The Hall–Kier alpha value is -2.41. The highest BCUT2D eigenvalue weighted by Gasteiger charge is 2.27. The second-order valence-electron chi connectivity index (χ2n) is 5.89. The third kappa shape index (κ3) is 5.84. The minimum Gasteiger partial charge on any atom is -0.477 e. The van der Waals surface area contributed by atoms with Crippen molar-refractivity contribution >= 4 is 25.1 Å². The molecule has 2 rings (SSSR count). The highest BCUT2D eigenvalue weighted by Crippen LogP contribution is 2.37. The summed E-state index contributed by atoms with van der Waals surface area (Å²) in [7, 11) is -3.67. The number of hydrogen-bond acceptors (Lipinski definition) is 3. The summed E-state index contributed by atoms with van der Waals surface area (Å²) in [6.07, 6.45) is 2.13. The number of carbonyl (C=O) groups excluding carboxylic acids is 1. The van der Waals surface area contributed by atoms with Gasteiger partial charge in [0.15, 0.2) is 0 Å². The van der Waals surface area contributed by atoms with Gasteiger partial charge < -0.3 is 20.3 Å². The number of carboxylic acid groups (broad SMARTS) is 1. The lowest BCUT2D eigenvalue weighted by Crippen LogP contribution is -2.40. The van der Waals surface area contributed by atoms with Crippen LogP contribution in [0.4, 0.5) is 5.69 Å². The average molecular weight is 379 g/mol. The Balaban J connectivity index is 2.16. The van der Waals surface area contributed by atoms with E-state index in [1.54, 1.807) is 6.92 Å². The summed E-state index contributed by atoms with van der Waals surface area (Å²) in [5.41, 5.74) is 1.04. The molecule has 9 heteroatoms. The molecule has 2 aromatic rings. The van der Waals surface area contributed by atoms with Crippen LogP contribution in [0.25, 0.3) is 0 Å². The third-order valence-electron chi connectivity index (χ3n) is 3.66. The number of aromatic carboxylic acids is 1. The normalized spacial score (nSPS) is 14.4. The number of anilines is 1. The zero-order valence-corrected chi connectivity index (χ0v) is 15.2. The number of carbonyl (C=O) groups is 2. The van der Waals surface area contributed by atoms with Gasteiger partial charge in [0, 0.05) is 12.4 Å². The molecule has 1 aromatic carbocycles. The maximum atomic E-state index is 12.6. The van der Waals surface area contributed by atoms with Crippen molar-refractivity contribution in [2.24, 2.45) is 0 Å². The second-order valence-corrected chi connectivity index (χ2v) is 8.00. The van der Waals surface area contributed by atoms with Crippen molar-refractivity contribution in [1.82, 2.24) is 10.1 Å². The molecule has 8 nitrogen and oxygen atoms in total. The topological polar surface area (TPSA) is 132 Å². The van der Waals surface area contributed by atoms with E-state index in [2.05, 4.69) is 15.4 Å². The van der Waals surface area contributed by atoms with Crippen molar-refractivity contribution in [2.45, 2.75) is 25.8 Å². The molecule has 0 aliphatic carbocycles. The zero-order valence-electron chi connectivity index (χ0n) is 14.3. The van der Waals surface area contributed by atoms with E-state index in [1.807, 2.05) is 30.3 Å². The molecule has 5 N–H and O–H groups in total. The quantitative estimate of drug-likeness (QED) is 0.425. The minimum atomic E-state index is -3.67. The first kappa shape index (κ1) is 19.9. The van der Waals surface area contributed by atoms with Gasteiger partial charge in [0.2, 0.25) is 5.91 Å². The summed E-state index contributed by atoms with van der Waals surface area (Å²) in [5.74, 6) is -1.66. The van der Waals surface area contributed by atoms with Crippen molar-refractivity contribution in [3.63, 3.8) is 0 Å². The van der Waals surface area contributed by atoms with Crippen LogP contribution in [0, 0.1) is 0 Å². The first-order valence-corrected chi connectivity index (χ1v) is 10.0. The monoisotopic (exact) mass is 379 g/mol. The molecule has 140 valence electrons. The van der Waals surface area contributed by atoms with Crippen LogP contribution in [-0.4, -0.2) is 39.1 Å². The van der Waals surface area contributed by atoms with Gasteiger partial charge in [0.05, 0.1) is 11.7 Å². The Morgan fingerprint density at radius 1 is 1.27 bits per heavy atom. The molecule has 2 unspecified atom stereocenters. The van der Waals surface area contributed by atoms with Crippen molar-refractivity contribution in [1.29, 1.82) is 0 Å². The fourth-order valence-electron chi connectivity index (χ4n) is 2.48. The Morgan fingerprint density at radius 3 is 2.54 bits per heavy atom.